The Balaban J connectivity index is 1.32. The number of fused-ring (bicyclic) bond motifs is 1. The maximum atomic E-state index is 13.9. The fourth-order valence-electron chi connectivity index (χ4n) is 4.97. The Morgan fingerprint density at radius 2 is 1.90 bits per heavy atom. The zero-order valence-electron chi connectivity index (χ0n) is 22.1. The first kappa shape index (κ1) is 26.8. The van der Waals surface area contributed by atoms with E-state index in [4.69, 9.17) is 4.98 Å². The normalized spacial score (nSPS) is 17.1. The summed E-state index contributed by atoms with van der Waals surface area (Å²) in [5, 5.41) is 11.3. The van der Waals surface area contributed by atoms with Crippen molar-refractivity contribution in [2.24, 2.45) is 5.92 Å². The average Bonchev–Trinajstić information content (AvgIpc) is 3.63. The van der Waals surface area contributed by atoms with Gasteiger partial charge in [-0.05, 0) is 74.4 Å². The molecule has 11 heteroatoms. The van der Waals surface area contributed by atoms with Crippen LogP contribution < -0.4 is 10.6 Å². The topological polar surface area (TPSA) is 105 Å². The highest BCUT2D eigenvalue weighted by Gasteiger charge is 2.26. The van der Waals surface area contributed by atoms with E-state index in [0.29, 0.717) is 30.6 Å². The predicted molar refractivity (Wildman–Crippen MR) is 154 cm³/mol. The minimum absolute atomic E-state index is 0.0520. The van der Waals surface area contributed by atoms with E-state index in [1.807, 2.05) is 31.2 Å². The molecule has 0 radical (unpaired) electrons. The minimum atomic E-state index is -2.95. The number of nitrogens with one attached hydrogen (secondary N) is 2. The number of imidazole rings is 1. The molecule has 0 unspecified atom stereocenters. The van der Waals surface area contributed by atoms with Crippen LogP contribution in [0.5, 0.6) is 0 Å². The molecule has 2 aromatic heterocycles. The molecular formula is C29H30FN5O3S2. The van der Waals surface area contributed by atoms with Gasteiger partial charge in [-0.15, -0.1) is 0 Å². The molecule has 1 amide bonds. The second-order valence-electron chi connectivity index (χ2n) is 10.6. The van der Waals surface area contributed by atoms with Gasteiger partial charge in [-0.1, -0.05) is 23.9 Å². The highest BCUT2D eigenvalue weighted by atomic mass is 32.2. The molecule has 2 N–H and O–H groups in total. The SMILES string of the molecule is Cc1cc(-c2cnc3c(NCC4CCS(=O)(=O)CC4)c(Sc4cccc(F)c4)cnn23)ccc1C(=O)NC1CC1. The molecule has 4 aromatic rings. The molecule has 6 rings (SSSR count). The standard InChI is InChI=1S/C29H30FN5O3S2/c1-18-13-20(5-8-24(18)29(36)34-22-6-7-22)25-16-32-28-27(31-15-19-9-11-40(37,38)12-10-19)26(17-33-35(25)28)39-23-4-2-3-21(30)14-23/h2-5,8,13-14,16-17,19,22,31H,6-7,9-12,15H2,1H3,(H,34,36). The number of hydrogen-bond donors (Lipinski definition) is 2. The van der Waals surface area contributed by atoms with Gasteiger partial charge < -0.3 is 10.6 Å². The van der Waals surface area contributed by atoms with Crippen molar-refractivity contribution in [2.45, 2.75) is 48.4 Å². The number of halogens is 1. The molecule has 1 aliphatic heterocycles. The number of rotatable bonds is 8. The van der Waals surface area contributed by atoms with Crippen LogP contribution in [0, 0.1) is 18.7 Å². The highest BCUT2D eigenvalue weighted by Crippen LogP contribution is 2.37. The lowest BCUT2D eigenvalue weighted by molar-refractivity contribution is 0.0950. The number of sulfone groups is 1. The highest BCUT2D eigenvalue weighted by molar-refractivity contribution is 7.99. The third kappa shape index (κ3) is 5.85. The zero-order chi connectivity index (χ0) is 27.9. The number of aromatic nitrogens is 3. The van der Waals surface area contributed by atoms with Crippen molar-refractivity contribution >= 4 is 38.8 Å². The summed E-state index contributed by atoms with van der Waals surface area (Å²) >= 11 is 1.39. The van der Waals surface area contributed by atoms with Crippen LogP contribution in [0.2, 0.25) is 0 Å². The van der Waals surface area contributed by atoms with Crippen LogP contribution in [0.15, 0.2) is 64.6 Å². The lowest BCUT2D eigenvalue weighted by Gasteiger charge is -2.23. The van der Waals surface area contributed by atoms with Gasteiger partial charge in [0, 0.05) is 28.6 Å². The molecule has 2 aliphatic rings. The Morgan fingerprint density at radius 3 is 2.62 bits per heavy atom. The molecular weight excluding hydrogens is 549 g/mol. The third-order valence-corrected chi connectivity index (χ3v) is 10.2. The van der Waals surface area contributed by atoms with Crippen LogP contribution in [0.4, 0.5) is 10.1 Å². The molecule has 0 spiro atoms. The second-order valence-corrected chi connectivity index (χ2v) is 14.0. The third-order valence-electron chi connectivity index (χ3n) is 7.44. The van der Waals surface area contributed by atoms with E-state index in [0.717, 1.165) is 45.1 Å². The van der Waals surface area contributed by atoms with E-state index >= 15 is 0 Å². The fourth-order valence-corrected chi connectivity index (χ4v) is 7.50. The molecule has 0 atom stereocenters. The fraction of sp³-hybridized carbons (Fsp3) is 0.345. The maximum Gasteiger partial charge on any atom is 0.251 e. The number of nitrogens with zero attached hydrogens (tertiary/aromatic N) is 3. The van der Waals surface area contributed by atoms with Gasteiger partial charge in [-0.3, -0.25) is 4.79 Å². The Labute approximate surface area is 236 Å². The summed E-state index contributed by atoms with van der Waals surface area (Å²) in [5.41, 5.74) is 4.57. The molecule has 40 heavy (non-hydrogen) atoms. The first-order valence-electron chi connectivity index (χ1n) is 13.4. The Hall–Kier alpha value is -3.44. The number of carbonyl (C=O) groups excluding carboxylic acids is 1. The maximum absolute atomic E-state index is 13.9. The zero-order valence-corrected chi connectivity index (χ0v) is 23.7. The van der Waals surface area contributed by atoms with E-state index in [2.05, 4.69) is 15.7 Å². The number of carbonyl (C=O) groups is 1. The van der Waals surface area contributed by atoms with Crippen LogP contribution in [-0.4, -0.2) is 53.0 Å². The molecule has 8 nitrogen and oxygen atoms in total. The number of hydrogen-bond acceptors (Lipinski definition) is 7. The first-order chi connectivity index (χ1) is 19.3. The molecule has 1 saturated carbocycles. The smallest absolute Gasteiger partial charge is 0.251 e. The van der Waals surface area contributed by atoms with Gasteiger partial charge >= 0.3 is 0 Å². The molecule has 0 bridgehead atoms. The van der Waals surface area contributed by atoms with Crippen LogP contribution in [0.3, 0.4) is 0 Å². The quantitative estimate of drug-likeness (QED) is 0.298. The van der Waals surface area contributed by atoms with E-state index in [1.54, 1.807) is 23.0 Å². The van der Waals surface area contributed by atoms with Crippen LogP contribution in [-0.2, 0) is 9.84 Å². The van der Waals surface area contributed by atoms with Crippen molar-refractivity contribution in [1.82, 2.24) is 19.9 Å². The number of anilines is 1. The van der Waals surface area contributed by atoms with Crippen LogP contribution in [0.1, 0.15) is 41.6 Å². The molecule has 2 aromatic carbocycles. The second kappa shape index (κ2) is 10.9. The summed E-state index contributed by atoms with van der Waals surface area (Å²) in [6.07, 6.45) is 6.80. The van der Waals surface area contributed by atoms with Gasteiger partial charge in [-0.25, -0.2) is 22.3 Å². The molecule has 2 fully saturated rings. The Bertz CT molecular complexity index is 1690. The molecule has 208 valence electrons. The van der Waals surface area contributed by atoms with Gasteiger partial charge in [-0.2, -0.15) is 5.10 Å². The summed E-state index contributed by atoms with van der Waals surface area (Å²) < 4.78 is 39.5. The Morgan fingerprint density at radius 1 is 1.10 bits per heavy atom. The van der Waals surface area contributed by atoms with Gasteiger partial charge in [0.15, 0.2) is 5.65 Å². The molecule has 3 heterocycles. The van der Waals surface area contributed by atoms with E-state index in [1.165, 1.54) is 23.9 Å². The van der Waals surface area contributed by atoms with Crippen molar-refractivity contribution < 1.29 is 17.6 Å². The summed E-state index contributed by atoms with van der Waals surface area (Å²) in [4.78, 5) is 18.9. The van der Waals surface area contributed by atoms with Gasteiger partial charge in [0.1, 0.15) is 15.7 Å². The average molecular weight is 580 g/mol. The predicted octanol–water partition coefficient (Wildman–Crippen LogP) is 5.12. The van der Waals surface area contributed by atoms with Crippen LogP contribution >= 0.6 is 11.8 Å². The van der Waals surface area contributed by atoms with Crippen molar-refractivity contribution in [3.63, 3.8) is 0 Å². The van der Waals surface area contributed by atoms with Crippen molar-refractivity contribution in [3.8, 4) is 11.3 Å². The van der Waals surface area contributed by atoms with Gasteiger partial charge in [0.05, 0.1) is 40.2 Å². The van der Waals surface area contributed by atoms with Crippen molar-refractivity contribution in [2.75, 3.05) is 23.4 Å². The summed E-state index contributed by atoms with van der Waals surface area (Å²) in [6.45, 7) is 2.52. The molecule has 1 saturated heterocycles. The monoisotopic (exact) mass is 579 g/mol. The van der Waals surface area contributed by atoms with Crippen molar-refractivity contribution in [1.29, 1.82) is 0 Å². The van der Waals surface area contributed by atoms with Crippen LogP contribution in [0.25, 0.3) is 16.9 Å². The van der Waals surface area contributed by atoms with E-state index < -0.39 is 9.84 Å². The summed E-state index contributed by atoms with van der Waals surface area (Å²) in [6, 6.07) is 12.4. The van der Waals surface area contributed by atoms with Gasteiger partial charge in [0.25, 0.3) is 5.91 Å². The number of amides is 1. The Kier molecular flexibility index (Phi) is 7.26. The lowest BCUT2D eigenvalue weighted by Crippen LogP contribution is -2.27. The summed E-state index contributed by atoms with van der Waals surface area (Å²) in [7, 11) is -2.95. The van der Waals surface area contributed by atoms with E-state index in [-0.39, 0.29) is 35.2 Å². The summed E-state index contributed by atoms with van der Waals surface area (Å²) in [5.74, 6) is 0.262. The molecule has 1 aliphatic carbocycles. The first-order valence-corrected chi connectivity index (χ1v) is 16.1. The largest absolute Gasteiger partial charge is 0.381 e. The van der Waals surface area contributed by atoms with E-state index in [9.17, 15) is 17.6 Å². The lowest BCUT2D eigenvalue weighted by atomic mass is 10.0. The number of benzene rings is 2. The van der Waals surface area contributed by atoms with Gasteiger partial charge in [0.2, 0.25) is 0 Å². The van der Waals surface area contributed by atoms with Crippen molar-refractivity contribution in [3.05, 3.63) is 71.8 Å². The minimum Gasteiger partial charge on any atom is -0.381 e. The number of aryl methyl sites for hydroxylation is 1.